The van der Waals surface area contributed by atoms with E-state index in [9.17, 15) is 9.18 Å². The summed E-state index contributed by atoms with van der Waals surface area (Å²) in [6.45, 7) is 3.67. The molecular formula is C17H12FNO. The summed E-state index contributed by atoms with van der Waals surface area (Å²) in [6.07, 6.45) is 1.45. The van der Waals surface area contributed by atoms with Crippen molar-refractivity contribution in [1.82, 2.24) is 4.57 Å². The van der Waals surface area contributed by atoms with Gasteiger partial charge in [-0.1, -0.05) is 43.0 Å². The molecule has 0 amide bonds. The molecule has 3 rings (SSSR count). The third-order valence-corrected chi connectivity index (χ3v) is 3.29. The van der Waals surface area contributed by atoms with Crippen molar-refractivity contribution < 1.29 is 4.39 Å². The largest absolute Gasteiger partial charge is 0.284 e. The van der Waals surface area contributed by atoms with Crippen molar-refractivity contribution in [2.24, 2.45) is 0 Å². The lowest BCUT2D eigenvalue weighted by Crippen LogP contribution is -2.18. The van der Waals surface area contributed by atoms with Crippen molar-refractivity contribution in [3.8, 4) is 11.1 Å². The normalized spacial score (nSPS) is 10.7. The van der Waals surface area contributed by atoms with Gasteiger partial charge in [0.15, 0.2) is 0 Å². The number of hydrogen-bond donors (Lipinski definition) is 0. The molecule has 0 atom stereocenters. The molecule has 2 aromatic carbocycles. The van der Waals surface area contributed by atoms with Crippen molar-refractivity contribution >= 4 is 17.1 Å². The molecule has 0 radical (unpaired) electrons. The summed E-state index contributed by atoms with van der Waals surface area (Å²) in [4.78, 5) is 12.5. The number of halogens is 1. The summed E-state index contributed by atoms with van der Waals surface area (Å²) < 4.78 is 15.4. The Morgan fingerprint density at radius 2 is 1.70 bits per heavy atom. The van der Waals surface area contributed by atoms with Crippen LogP contribution in [0.3, 0.4) is 0 Å². The second kappa shape index (κ2) is 4.78. The molecule has 0 N–H and O–H groups in total. The van der Waals surface area contributed by atoms with Gasteiger partial charge in [-0.3, -0.25) is 9.36 Å². The number of para-hydroxylation sites is 1. The second-order valence-electron chi connectivity index (χ2n) is 4.45. The molecule has 0 aliphatic heterocycles. The number of hydrogen-bond acceptors (Lipinski definition) is 1. The van der Waals surface area contributed by atoms with Crippen LogP contribution in [0.15, 0.2) is 66.0 Å². The van der Waals surface area contributed by atoms with E-state index in [1.165, 1.54) is 16.8 Å². The summed E-state index contributed by atoms with van der Waals surface area (Å²) in [5, 5.41) is 0.866. The van der Waals surface area contributed by atoms with Gasteiger partial charge in [0.05, 0.1) is 11.1 Å². The fourth-order valence-electron chi connectivity index (χ4n) is 2.34. The van der Waals surface area contributed by atoms with Gasteiger partial charge in [0, 0.05) is 11.8 Å². The number of rotatable bonds is 2. The third kappa shape index (κ3) is 1.84. The lowest BCUT2D eigenvalue weighted by atomic mass is 10.0. The highest BCUT2D eigenvalue weighted by Crippen LogP contribution is 2.23. The van der Waals surface area contributed by atoms with E-state index in [0.717, 1.165) is 10.9 Å². The Balaban J connectivity index is 2.44. The molecular weight excluding hydrogens is 253 g/mol. The number of benzene rings is 2. The maximum atomic E-state index is 13.9. The molecule has 20 heavy (non-hydrogen) atoms. The maximum absolute atomic E-state index is 13.9. The fourth-order valence-corrected chi connectivity index (χ4v) is 2.34. The van der Waals surface area contributed by atoms with Crippen molar-refractivity contribution in [2.45, 2.75) is 0 Å². The first kappa shape index (κ1) is 12.4. The molecule has 0 aliphatic carbocycles. The Morgan fingerprint density at radius 1 is 1.00 bits per heavy atom. The van der Waals surface area contributed by atoms with Gasteiger partial charge in [-0.15, -0.1) is 0 Å². The average molecular weight is 265 g/mol. The molecule has 0 unspecified atom stereocenters. The van der Waals surface area contributed by atoms with Crippen LogP contribution in [0, 0.1) is 5.82 Å². The van der Waals surface area contributed by atoms with Gasteiger partial charge in [-0.05, 0) is 23.6 Å². The minimum Gasteiger partial charge on any atom is -0.284 e. The first-order chi connectivity index (χ1) is 9.72. The van der Waals surface area contributed by atoms with Crippen LogP contribution in [0.2, 0.25) is 0 Å². The average Bonchev–Trinajstić information content (AvgIpc) is 2.47. The smallest absolute Gasteiger partial charge is 0.263 e. The van der Waals surface area contributed by atoms with E-state index < -0.39 is 5.82 Å². The van der Waals surface area contributed by atoms with Crippen LogP contribution in [-0.2, 0) is 0 Å². The molecule has 0 saturated carbocycles. The Kier molecular flexibility index (Phi) is 2.95. The van der Waals surface area contributed by atoms with Crippen molar-refractivity contribution in [3.05, 3.63) is 77.3 Å². The van der Waals surface area contributed by atoms with Gasteiger partial charge in [0.25, 0.3) is 5.56 Å². The van der Waals surface area contributed by atoms with Gasteiger partial charge in [-0.25, -0.2) is 4.39 Å². The third-order valence-electron chi connectivity index (χ3n) is 3.29. The van der Waals surface area contributed by atoms with Gasteiger partial charge in [0.1, 0.15) is 5.82 Å². The van der Waals surface area contributed by atoms with Gasteiger partial charge in [0.2, 0.25) is 0 Å². The predicted molar refractivity (Wildman–Crippen MR) is 80.0 cm³/mol. The Bertz CT molecular complexity index is 864. The zero-order valence-corrected chi connectivity index (χ0v) is 10.7. The number of aromatic nitrogens is 1. The molecule has 0 fully saturated rings. The zero-order chi connectivity index (χ0) is 14.1. The summed E-state index contributed by atoms with van der Waals surface area (Å²) >= 11 is 0. The van der Waals surface area contributed by atoms with E-state index in [1.54, 1.807) is 24.3 Å². The molecule has 2 nitrogen and oxygen atoms in total. The minimum atomic E-state index is -0.407. The molecule has 0 spiro atoms. The van der Waals surface area contributed by atoms with Crippen LogP contribution in [0.25, 0.3) is 28.2 Å². The monoisotopic (exact) mass is 265 g/mol. The quantitative estimate of drug-likeness (QED) is 0.688. The lowest BCUT2D eigenvalue weighted by molar-refractivity contribution is 0.631. The second-order valence-corrected chi connectivity index (χ2v) is 4.45. The van der Waals surface area contributed by atoms with Crippen LogP contribution in [0.1, 0.15) is 0 Å². The van der Waals surface area contributed by atoms with E-state index in [0.29, 0.717) is 11.1 Å². The fraction of sp³-hybridized carbons (Fsp3) is 0. The van der Waals surface area contributed by atoms with Gasteiger partial charge < -0.3 is 0 Å². The van der Waals surface area contributed by atoms with E-state index in [2.05, 4.69) is 6.58 Å². The van der Waals surface area contributed by atoms with E-state index in [4.69, 9.17) is 0 Å². The Morgan fingerprint density at radius 3 is 2.45 bits per heavy atom. The molecule has 0 bridgehead atoms. The highest BCUT2D eigenvalue weighted by atomic mass is 19.1. The number of fused-ring (bicyclic) bond motifs is 1. The topological polar surface area (TPSA) is 22.0 Å². The maximum Gasteiger partial charge on any atom is 0.263 e. The van der Waals surface area contributed by atoms with E-state index in [1.807, 2.05) is 24.3 Å². The predicted octanol–water partition coefficient (Wildman–Crippen LogP) is 3.91. The van der Waals surface area contributed by atoms with Gasteiger partial charge in [-0.2, -0.15) is 0 Å². The zero-order valence-electron chi connectivity index (χ0n) is 10.7. The number of pyridine rings is 1. The highest BCUT2D eigenvalue weighted by Gasteiger charge is 2.12. The van der Waals surface area contributed by atoms with Crippen molar-refractivity contribution in [1.29, 1.82) is 0 Å². The lowest BCUT2D eigenvalue weighted by Gasteiger charge is -2.09. The summed E-state index contributed by atoms with van der Waals surface area (Å²) in [6, 6.07) is 15.4. The SMILES string of the molecule is C=Cn1c(=O)c(-c2ccccc2F)cc2ccccc21. The summed E-state index contributed by atoms with van der Waals surface area (Å²) in [7, 11) is 0. The van der Waals surface area contributed by atoms with Crippen LogP contribution >= 0.6 is 0 Å². The molecule has 0 saturated heterocycles. The summed E-state index contributed by atoms with van der Waals surface area (Å²) in [5.41, 5.74) is 1.12. The Hall–Kier alpha value is -2.68. The first-order valence-corrected chi connectivity index (χ1v) is 6.24. The number of nitrogens with zero attached hydrogens (tertiary/aromatic N) is 1. The molecule has 98 valence electrons. The van der Waals surface area contributed by atoms with Crippen LogP contribution < -0.4 is 5.56 Å². The molecule has 3 aromatic rings. The molecule has 1 aromatic heterocycles. The summed E-state index contributed by atoms with van der Waals surface area (Å²) in [5.74, 6) is -0.407. The van der Waals surface area contributed by atoms with Crippen LogP contribution in [-0.4, -0.2) is 4.57 Å². The van der Waals surface area contributed by atoms with Gasteiger partial charge >= 0.3 is 0 Å². The first-order valence-electron chi connectivity index (χ1n) is 6.24. The van der Waals surface area contributed by atoms with Crippen molar-refractivity contribution in [2.75, 3.05) is 0 Å². The minimum absolute atomic E-state index is 0.274. The molecule has 3 heteroatoms. The Labute approximate surface area is 115 Å². The van der Waals surface area contributed by atoms with Crippen LogP contribution in [0.5, 0.6) is 0 Å². The van der Waals surface area contributed by atoms with E-state index in [-0.39, 0.29) is 5.56 Å². The molecule has 0 aliphatic rings. The van der Waals surface area contributed by atoms with E-state index >= 15 is 0 Å². The van der Waals surface area contributed by atoms with Crippen molar-refractivity contribution in [3.63, 3.8) is 0 Å². The highest BCUT2D eigenvalue weighted by molar-refractivity contribution is 5.85. The standard InChI is InChI=1S/C17H12FNO/c1-2-19-16-10-6-3-7-12(16)11-14(17(19)20)13-8-4-5-9-15(13)18/h2-11H,1H2. The van der Waals surface area contributed by atoms with Crippen LogP contribution in [0.4, 0.5) is 4.39 Å². The molecule has 1 heterocycles.